The van der Waals surface area contributed by atoms with Crippen molar-refractivity contribution in [3.63, 3.8) is 0 Å². The summed E-state index contributed by atoms with van der Waals surface area (Å²) in [5.74, 6) is 1.02. The Kier molecular flexibility index (Phi) is 5.61. The van der Waals surface area contributed by atoms with Gasteiger partial charge < -0.3 is 20.4 Å². The summed E-state index contributed by atoms with van der Waals surface area (Å²) in [4.78, 5) is 38.0. The fourth-order valence-electron chi connectivity index (χ4n) is 4.47. The van der Waals surface area contributed by atoms with Crippen LogP contribution in [0.2, 0.25) is 0 Å². The van der Waals surface area contributed by atoms with Gasteiger partial charge in [-0.05, 0) is 54.3 Å². The van der Waals surface area contributed by atoms with Crippen LogP contribution in [0.3, 0.4) is 0 Å². The van der Waals surface area contributed by atoms with E-state index in [9.17, 15) is 14.0 Å². The topological polar surface area (TPSA) is 90.5 Å². The molecule has 2 atom stereocenters. The lowest BCUT2D eigenvalue weighted by Gasteiger charge is -2.37. The zero-order valence-electron chi connectivity index (χ0n) is 19.0. The van der Waals surface area contributed by atoms with Gasteiger partial charge in [-0.25, -0.2) is 9.37 Å². The number of hydrogen-bond donors (Lipinski definition) is 2. The maximum absolute atomic E-state index is 13.0. The molecule has 8 nitrogen and oxygen atoms in total. The Balaban J connectivity index is 1.25. The van der Waals surface area contributed by atoms with Crippen molar-refractivity contribution < 1.29 is 14.0 Å². The zero-order valence-corrected chi connectivity index (χ0v) is 19.0. The van der Waals surface area contributed by atoms with Crippen molar-refractivity contribution in [1.82, 2.24) is 9.97 Å². The first-order chi connectivity index (χ1) is 16.4. The van der Waals surface area contributed by atoms with Crippen LogP contribution in [-0.2, 0) is 11.3 Å². The van der Waals surface area contributed by atoms with Gasteiger partial charge in [0.25, 0.3) is 5.91 Å². The van der Waals surface area contributed by atoms with Gasteiger partial charge in [-0.15, -0.1) is 0 Å². The molecule has 34 heavy (non-hydrogen) atoms. The van der Waals surface area contributed by atoms with Crippen molar-refractivity contribution in [2.24, 2.45) is 5.92 Å². The van der Waals surface area contributed by atoms with Crippen molar-refractivity contribution >= 4 is 35.0 Å². The molecule has 2 aliphatic heterocycles. The number of hydrogen-bond acceptors (Lipinski definition) is 6. The van der Waals surface area contributed by atoms with E-state index in [0.29, 0.717) is 23.7 Å². The highest BCUT2D eigenvalue weighted by atomic mass is 19.1. The van der Waals surface area contributed by atoms with Crippen LogP contribution < -0.4 is 20.4 Å². The molecule has 1 saturated heterocycles. The summed E-state index contributed by atoms with van der Waals surface area (Å²) < 4.78 is 13.0. The van der Waals surface area contributed by atoms with Crippen LogP contribution in [-0.4, -0.2) is 41.4 Å². The first-order valence-corrected chi connectivity index (χ1v) is 11.2. The highest BCUT2D eigenvalue weighted by Gasteiger charge is 2.44. The molecule has 3 aromatic rings. The number of nitrogens with zero attached hydrogens (tertiary/aromatic N) is 4. The Bertz CT molecular complexity index is 1230. The van der Waals surface area contributed by atoms with Crippen molar-refractivity contribution in [2.75, 3.05) is 34.0 Å². The summed E-state index contributed by atoms with van der Waals surface area (Å²) in [6.45, 7) is 3.38. The number of amides is 2. The number of fused-ring (bicyclic) bond motifs is 3. The van der Waals surface area contributed by atoms with E-state index in [0.717, 1.165) is 30.0 Å². The van der Waals surface area contributed by atoms with Crippen LogP contribution in [0.4, 0.5) is 27.5 Å². The van der Waals surface area contributed by atoms with E-state index in [-0.39, 0.29) is 29.6 Å². The largest absolute Gasteiger partial charge is 0.350 e. The van der Waals surface area contributed by atoms with Gasteiger partial charge in [0.15, 0.2) is 5.82 Å². The molecule has 2 N–H and O–H groups in total. The maximum Gasteiger partial charge on any atom is 0.255 e. The SMILES string of the molecule is C[C@H]1CCN2c3nc(NCc4ccc(C(=O)Nc5ccc(F)cc5)cc4)ncc3N(C)C(=O)[C@@H]12. The third kappa shape index (κ3) is 4.05. The molecule has 2 aromatic carbocycles. The van der Waals surface area contributed by atoms with Crippen LogP contribution >= 0.6 is 0 Å². The van der Waals surface area contributed by atoms with Gasteiger partial charge in [0, 0.05) is 31.4 Å². The van der Waals surface area contributed by atoms with Crippen molar-refractivity contribution in [1.29, 1.82) is 0 Å². The summed E-state index contributed by atoms with van der Waals surface area (Å²) in [5, 5.41) is 5.98. The molecule has 5 rings (SSSR count). The normalized spacial score (nSPS) is 19.0. The molecule has 1 fully saturated rings. The van der Waals surface area contributed by atoms with Gasteiger partial charge in [-0.1, -0.05) is 19.1 Å². The van der Waals surface area contributed by atoms with Gasteiger partial charge in [0.2, 0.25) is 11.9 Å². The molecule has 2 amide bonds. The average molecular weight is 461 g/mol. The molecule has 0 spiro atoms. The van der Waals surface area contributed by atoms with Crippen molar-refractivity contribution in [2.45, 2.75) is 25.9 Å². The van der Waals surface area contributed by atoms with E-state index in [4.69, 9.17) is 4.98 Å². The van der Waals surface area contributed by atoms with Gasteiger partial charge >= 0.3 is 0 Å². The second-order valence-electron chi connectivity index (χ2n) is 8.72. The smallest absolute Gasteiger partial charge is 0.255 e. The molecule has 3 heterocycles. The Labute approximate surface area is 196 Å². The molecule has 9 heteroatoms. The van der Waals surface area contributed by atoms with E-state index in [1.807, 2.05) is 12.1 Å². The fourth-order valence-corrected chi connectivity index (χ4v) is 4.47. The number of aromatic nitrogens is 2. The Morgan fingerprint density at radius 2 is 1.88 bits per heavy atom. The lowest BCUT2D eigenvalue weighted by Crippen LogP contribution is -2.51. The number of rotatable bonds is 5. The van der Waals surface area contributed by atoms with Crippen LogP contribution in [0.5, 0.6) is 0 Å². The van der Waals surface area contributed by atoms with Crippen LogP contribution in [0.15, 0.2) is 54.7 Å². The summed E-state index contributed by atoms with van der Waals surface area (Å²) in [6.07, 6.45) is 2.64. The third-order valence-corrected chi connectivity index (χ3v) is 6.44. The van der Waals surface area contributed by atoms with Crippen LogP contribution in [0, 0.1) is 11.7 Å². The summed E-state index contributed by atoms with van der Waals surface area (Å²) >= 11 is 0. The Morgan fingerprint density at radius 3 is 2.62 bits per heavy atom. The Hall–Kier alpha value is -4.01. The minimum atomic E-state index is -0.354. The lowest BCUT2D eigenvalue weighted by atomic mass is 10.0. The van der Waals surface area contributed by atoms with E-state index in [2.05, 4.69) is 27.4 Å². The Morgan fingerprint density at radius 1 is 1.15 bits per heavy atom. The molecular formula is C25H25FN6O2. The first kappa shape index (κ1) is 21.8. The lowest BCUT2D eigenvalue weighted by molar-refractivity contribution is -0.120. The molecule has 1 aromatic heterocycles. The standard InChI is InChI=1S/C25H25FN6O2/c1-15-11-12-32-21(15)24(34)31(2)20-14-28-25(30-22(20)32)27-13-16-3-5-17(6-4-16)23(33)29-19-9-7-18(26)8-10-19/h3-10,14-15,21H,11-13H2,1-2H3,(H,29,33)(H,27,28,30)/t15-,21+/m0/s1. The van der Waals surface area contributed by atoms with Crippen molar-refractivity contribution in [3.05, 3.63) is 71.7 Å². The zero-order chi connectivity index (χ0) is 23.8. The molecule has 0 saturated carbocycles. The number of halogens is 1. The number of likely N-dealkylation sites (N-methyl/N-ethyl adjacent to an activating group) is 1. The predicted octanol–water partition coefficient (Wildman–Crippen LogP) is 3.67. The molecule has 0 radical (unpaired) electrons. The first-order valence-electron chi connectivity index (χ1n) is 11.2. The third-order valence-electron chi connectivity index (χ3n) is 6.44. The number of benzene rings is 2. The molecule has 0 aliphatic carbocycles. The number of nitrogens with one attached hydrogen (secondary N) is 2. The minimum Gasteiger partial charge on any atom is -0.350 e. The molecule has 0 bridgehead atoms. The minimum absolute atomic E-state index is 0.0883. The van der Waals surface area contributed by atoms with Gasteiger partial charge in [0.05, 0.1) is 6.20 Å². The fraction of sp³-hybridized carbons (Fsp3) is 0.280. The summed E-state index contributed by atoms with van der Waals surface area (Å²) in [7, 11) is 1.77. The average Bonchev–Trinajstić information content (AvgIpc) is 3.24. The summed E-state index contributed by atoms with van der Waals surface area (Å²) in [5.41, 5.74) is 2.71. The molecule has 2 aliphatic rings. The second-order valence-corrected chi connectivity index (χ2v) is 8.72. The second kappa shape index (κ2) is 8.74. The number of carbonyl (C=O) groups excluding carboxylic acids is 2. The van der Waals surface area contributed by atoms with Gasteiger partial charge in [-0.3, -0.25) is 9.59 Å². The molecule has 0 unspecified atom stereocenters. The predicted molar refractivity (Wildman–Crippen MR) is 128 cm³/mol. The van der Waals surface area contributed by atoms with Gasteiger partial charge in [-0.2, -0.15) is 4.98 Å². The van der Waals surface area contributed by atoms with Crippen molar-refractivity contribution in [3.8, 4) is 0 Å². The maximum atomic E-state index is 13.0. The molecule has 174 valence electrons. The quantitative estimate of drug-likeness (QED) is 0.604. The summed E-state index contributed by atoms with van der Waals surface area (Å²) in [6, 6.07) is 12.6. The monoisotopic (exact) mass is 460 g/mol. The highest BCUT2D eigenvalue weighted by Crippen LogP contribution is 2.40. The van der Waals surface area contributed by atoms with E-state index in [1.54, 1.807) is 30.3 Å². The van der Waals surface area contributed by atoms with Crippen LogP contribution in [0.25, 0.3) is 0 Å². The van der Waals surface area contributed by atoms with Gasteiger partial charge in [0.1, 0.15) is 17.5 Å². The highest BCUT2D eigenvalue weighted by molar-refractivity contribution is 6.05. The number of carbonyl (C=O) groups is 2. The van der Waals surface area contributed by atoms with E-state index >= 15 is 0 Å². The number of anilines is 4. The molecular weight excluding hydrogens is 435 g/mol. The van der Waals surface area contributed by atoms with Crippen LogP contribution in [0.1, 0.15) is 29.3 Å². The van der Waals surface area contributed by atoms with E-state index in [1.165, 1.54) is 24.3 Å². The van der Waals surface area contributed by atoms with E-state index < -0.39 is 0 Å².